The van der Waals surface area contributed by atoms with E-state index in [1.165, 1.54) is 7.11 Å². The Morgan fingerprint density at radius 1 is 1.38 bits per heavy atom. The number of rotatable bonds is 4. The van der Waals surface area contributed by atoms with Gasteiger partial charge in [-0.25, -0.2) is 4.79 Å². The van der Waals surface area contributed by atoms with Gasteiger partial charge in [0.2, 0.25) is 0 Å². The summed E-state index contributed by atoms with van der Waals surface area (Å²) in [5.74, 6) is 0.118. The second-order valence-electron chi connectivity index (χ2n) is 3.18. The van der Waals surface area contributed by atoms with Gasteiger partial charge in [0, 0.05) is 6.42 Å². The molecule has 1 atom stereocenters. The SMILES string of the molecule is CCC(=O)[C@@H](NC(=O)OC)C(C)C. The molecular weight excluding hydrogens is 170 g/mol. The summed E-state index contributed by atoms with van der Waals surface area (Å²) in [5.41, 5.74) is 0. The van der Waals surface area contributed by atoms with Crippen molar-refractivity contribution in [1.29, 1.82) is 0 Å². The average molecular weight is 187 g/mol. The Kier molecular flexibility index (Phi) is 5.11. The van der Waals surface area contributed by atoms with E-state index in [2.05, 4.69) is 10.1 Å². The van der Waals surface area contributed by atoms with E-state index in [9.17, 15) is 9.59 Å². The Hall–Kier alpha value is -1.06. The third kappa shape index (κ3) is 3.92. The Labute approximate surface area is 78.6 Å². The highest BCUT2D eigenvalue weighted by Crippen LogP contribution is 2.05. The lowest BCUT2D eigenvalue weighted by atomic mass is 9.99. The zero-order valence-corrected chi connectivity index (χ0v) is 8.59. The second kappa shape index (κ2) is 5.56. The maximum Gasteiger partial charge on any atom is 0.407 e. The summed E-state index contributed by atoms with van der Waals surface area (Å²) >= 11 is 0. The van der Waals surface area contributed by atoms with Gasteiger partial charge in [-0.3, -0.25) is 4.79 Å². The molecule has 0 aliphatic heterocycles. The Balaban J connectivity index is 4.26. The van der Waals surface area contributed by atoms with E-state index in [0.717, 1.165) is 0 Å². The van der Waals surface area contributed by atoms with Crippen LogP contribution in [0.25, 0.3) is 0 Å². The maximum absolute atomic E-state index is 11.3. The number of ketones is 1. The monoisotopic (exact) mass is 187 g/mol. The number of alkyl carbamates (subject to hydrolysis) is 1. The second-order valence-corrected chi connectivity index (χ2v) is 3.18. The Morgan fingerprint density at radius 3 is 2.23 bits per heavy atom. The number of methoxy groups -OCH3 is 1. The standard InChI is InChI=1S/C9H17NO3/c1-5-7(11)8(6(2)3)10-9(12)13-4/h6,8H,5H2,1-4H3,(H,10,12)/t8-/m0/s1. The minimum absolute atomic E-state index is 0.0281. The predicted octanol–water partition coefficient (Wildman–Crippen LogP) is 1.35. The number of nitrogens with one attached hydrogen (secondary N) is 1. The van der Waals surface area contributed by atoms with Crippen LogP contribution in [-0.2, 0) is 9.53 Å². The molecule has 0 radical (unpaired) electrons. The molecule has 0 aromatic heterocycles. The van der Waals surface area contributed by atoms with Crippen molar-refractivity contribution in [3.05, 3.63) is 0 Å². The molecule has 4 heteroatoms. The van der Waals surface area contributed by atoms with Crippen molar-refractivity contribution < 1.29 is 14.3 Å². The van der Waals surface area contributed by atoms with Gasteiger partial charge in [0.05, 0.1) is 13.2 Å². The normalized spacial score (nSPS) is 12.4. The van der Waals surface area contributed by atoms with Gasteiger partial charge in [-0.2, -0.15) is 0 Å². The summed E-state index contributed by atoms with van der Waals surface area (Å²) in [7, 11) is 1.28. The zero-order valence-electron chi connectivity index (χ0n) is 8.59. The molecule has 0 rings (SSSR count). The Bertz CT molecular complexity index is 189. The van der Waals surface area contributed by atoms with Gasteiger partial charge in [0.1, 0.15) is 0 Å². The fourth-order valence-electron chi connectivity index (χ4n) is 1.02. The number of hydrogen-bond donors (Lipinski definition) is 1. The number of Topliss-reactive ketones (excluding diaryl/α,β-unsaturated/α-hetero) is 1. The first-order valence-corrected chi connectivity index (χ1v) is 4.40. The van der Waals surface area contributed by atoms with Crippen LogP contribution in [0.15, 0.2) is 0 Å². The molecule has 0 spiro atoms. The summed E-state index contributed by atoms with van der Waals surface area (Å²) in [6.07, 6.45) is -0.132. The van der Waals surface area contributed by atoms with Gasteiger partial charge >= 0.3 is 6.09 Å². The lowest BCUT2D eigenvalue weighted by Gasteiger charge is -2.19. The molecule has 76 valence electrons. The van der Waals surface area contributed by atoms with E-state index in [-0.39, 0.29) is 11.7 Å². The number of carbonyl (C=O) groups excluding carboxylic acids is 2. The largest absolute Gasteiger partial charge is 0.453 e. The number of carbonyl (C=O) groups is 2. The van der Waals surface area contributed by atoms with Crippen molar-refractivity contribution in [2.45, 2.75) is 33.2 Å². The molecule has 0 fully saturated rings. The molecule has 0 bridgehead atoms. The fraction of sp³-hybridized carbons (Fsp3) is 0.778. The third-order valence-corrected chi connectivity index (χ3v) is 1.82. The number of ether oxygens (including phenoxy) is 1. The van der Waals surface area contributed by atoms with Gasteiger partial charge in [0.15, 0.2) is 5.78 Å². The van der Waals surface area contributed by atoms with Crippen LogP contribution in [0.5, 0.6) is 0 Å². The molecule has 0 aromatic carbocycles. The molecule has 0 aliphatic carbocycles. The van der Waals surface area contributed by atoms with E-state index >= 15 is 0 Å². The first-order chi connectivity index (χ1) is 6.02. The van der Waals surface area contributed by atoms with Crippen LogP contribution in [0.1, 0.15) is 27.2 Å². The molecule has 0 saturated carbocycles. The highest BCUT2D eigenvalue weighted by molar-refractivity contribution is 5.87. The highest BCUT2D eigenvalue weighted by atomic mass is 16.5. The minimum atomic E-state index is -0.555. The number of hydrogen-bond acceptors (Lipinski definition) is 3. The third-order valence-electron chi connectivity index (χ3n) is 1.82. The van der Waals surface area contributed by atoms with Gasteiger partial charge in [-0.05, 0) is 5.92 Å². The van der Waals surface area contributed by atoms with Crippen molar-refractivity contribution in [3.8, 4) is 0 Å². The van der Waals surface area contributed by atoms with E-state index < -0.39 is 12.1 Å². The lowest BCUT2D eigenvalue weighted by Crippen LogP contribution is -2.44. The molecule has 0 heterocycles. The topological polar surface area (TPSA) is 55.4 Å². The lowest BCUT2D eigenvalue weighted by molar-refractivity contribution is -0.121. The summed E-state index contributed by atoms with van der Waals surface area (Å²) < 4.78 is 4.42. The maximum atomic E-state index is 11.3. The fourth-order valence-corrected chi connectivity index (χ4v) is 1.02. The molecule has 0 unspecified atom stereocenters. The zero-order chi connectivity index (χ0) is 10.4. The van der Waals surface area contributed by atoms with Gasteiger partial charge in [0.25, 0.3) is 0 Å². The summed E-state index contributed by atoms with van der Waals surface area (Å²) in [6, 6.07) is -0.433. The molecule has 0 aliphatic rings. The molecule has 13 heavy (non-hydrogen) atoms. The quantitative estimate of drug-likeness (QED) is 0.722. The molecule has 1 N–H and O–H groups in total. The van der Waals surface area contributed by atoms with Gasteiger partial charge in [-0.1, -0.05) is 20.8 Å². The van der Waals surface area contributed by atoms with Gasteiger partial charge < -0.3 is 10.1 Å². The number of amides is 1. The van der Waals surface area contributed by atoms with Crippen LogP contribution >= 0.6 is 0 Å². The van der Waals surface area contributed by atoms with Crippen LogP contribution < -0.4 is 5.32 Å². The summed E-state index contributed by atoms with van der Waals surface area (Å²) in [5, 5.41) is 2.51. The smallest absolute Gasteiger partial charge is 0.407 e. The molecule has 0 aromatic rings. The molecule has 4 nitrogen and oxygen atoms in total. The van der Waals surface area contributed by atoms with Crippen molar-refractivity contribution in [2.24, 2.45) is 5.92 Å². The molecule has 1 amide bonds. The van der Waals surface area contributed by atoms with E-state index in [0.29, 0.717) is 6.42 Å². The predicted molar refractivity (Wildman–Crippen MR) is 49.5 cm³/mol. The van der Waals surface area contributed by atoms with E-state index in [1.807, 2.05) is 13.8 Å². The van der Waals surface area contributed by atoms with Crippen LogP contribution in [0, 0.1) is 5.92 Å². The minimum Gasteiger partial charge on any atom is -0.453 e. The van der Waals surface area contributed by atoms with Crippen LogP contribution in [0.4, 0.5) is 4.79 Å². The van der Waals surface area contributed by atoms with Crippen molar-refractivity contribution in [3.63, 3.8) is 0 Å². The Morgan fingerprint density at radius 2 is 1.92 bits per heavy atom. The van der Waals surface area contributed by atoms with Gasteiger partial charge in [-0.15, -0.1) is 0 Å². The van der Waals surface area contributed by atoms with E-state index in [1.54, 1.807) is 6.92 Å². The average Bonchev–Trinajstić information content (AvgIpc) is 2.11. The molecule has 0 saturated heterocycles. The van der Waals surface area contributed by atoms with Crippen molar-refractivity contribution in [2.75, 3.05) is 7.11 Å². The first kappa shape index (κ1) is 11.9. The van der Waals surface area contributed by atoms with Crippen LogP contribution in [0.3, 0.4) is 0 Å². The van der Waals surface area contributed by atoms with Crippen LogP contribution in [-0.4, -0.2) is 25.0 Å². The summed E-state index contributed by atoms with van der Waals surface area (Å²) in [4.78, 5) is 22.2. The van der Waals surface area contributed by atoms with Crippen LogP contribution in [0.2, 0.25) is 0 Å². The summed E-state index contributed by atoms with van der Waals surface area (Å²) in [6.45, 7) is 5.54. The highest BCUT2D eigenvalue weighted by Gasteiger charge is 2.22. The van der Waals surface area contributed by atoms with Crippen molar-refractivity contribution in [1.82, 2.24) is 5.32 Å². The molecular formula is C9H17NO3. The van der Waals surface area contributed by atoms with Crippen molar-refractivity contribution >= 4 is 11.9 Å². The first-order valence-electron chi connectivity index (χ1n) is 4.40. The van der Waals surface area contributed by atoms with E-state index in [4.69, 9.17) is 0 Å².